The zero-order chi connectivity index (χ0) is 14.8. The van der Waals surface area contributed by atoms with Crippen LogP contribution in [0.4, 0.5) is 10.9 Å². The molecule has 3 N–H and O–H groups in total. The first kappa shape index (κ1) is 14.6. The Morgan fingerprint density at radius 3 is 2.57 bits per heavy atom. The molecule has 0 unspecified atom stereocenters. The monoisotopic (exact) mass is 308 g/mol. The fourth-order valence-corrected chi connectivity index (χ4v) is 4.09. The summed E-state index contributed by atoms with van der Waals surface area (Å²) in [5, 5.41) is 3.97. The number of carbonyl (C=O) groups is 1. The minimum Gasteiger partial charge on any atom is -0.382 e. The lowest BCUT2D eigenvalue weighted by atomic mass is 9.82. The van der Waals surface area contributed by atoms with Gasteiger partial charge in [-0.05, 0) is 31.6 Å². The summed E-state index contributed by atoms with van der Waals surface area (Å²) >= 11 is 1.44. The van der Waals surface area contributed by atoms with Crippen molar-refractivity contribution < 1.29 is 4.79 Å². The molecule has 1 aliphatic carbocycles. The van der Waals surface area contributed by atoms with Gasteiger partial charge in [0, 0.05) is 19.1 Å². The number of nitrogen functional groups attached to an aromatic ring is 1. The zero-order valence-electron chi connectivity index (χ0n) is 12.6. The van der Waals surface area contributed by atoms with E-state index in [1.54, 1.807) is 0 Å². The number of rotatable bonds is 3. The minimum atomic E-state index is -0.0528. The highest BCUT2D eigenvalue weighted by molar-refractivity contribution is 7.18. The van der Waals surface area contributed by atoms with Crippen molar-refractivity contribution in [2.75, 3.05) is 23.7 Å². The van der Waals surface area contributed by atoms with Gasteiger partial charge in [0.15, 0.2) is 5.13 Å². The van der Waals surface area contributed by atoms with Gasteiger partial charge >= 0.3 is 0 Å². The Morgan fingerprint density at radius 1 is 1.29 bits per heavy atom. The number of aromatic nitrogens is 1. The van der Waals surface area contributed by atoms with Gasteiger partial charge in [-0.25, -0.2) is 4.98 Å². The van der Waals surface area contributed by atoms with Crippen molar-refractivity contribution in [3.05, 3.63) is 4.88 Å². The largest absolute Gasteiger partial charge is 0.382 e. The third-order valence-electron chi connectivity index (χ3n) is 4.43. The van der Waals surface area contributed by atoms with Gasteiger partial charge in [0.2, 0.25) is 0 Å². The third-order valence-corrected chi connectivity index (χ3v) is 5.56. The normalized spacial score (nSPS) is 26.0. The number of nitrogens with zero attached hydrogens (tertiary/aromatic N) is 2. The molecule has 1 amide bonds. The summed E-state index contributed by atoms with van der Waals surface area (Å²) in [4.78, 5) is 19.6. The van der Waals surface area contributed by atoms with Crippen LogP contribution in [0, 0.1) is 5.92 Å². The number of amides is 1. The molecule has 0 spiro atoms. The van der Waals surface area contributed by atoms with E-state index in [0.29, 0.717) is 16.7 Å². The summed E-state index contributed by atoms with van der Waals surface area (Å²) in [6.45, 7) is 4.25. The molecular formula is C15H24N4OS. The lowest BCUT2D eigenvalue weighted by Gasteiger charge is -2.33. The van der Waals surface area contributed by atoms with Crippen molar-refractivity contribution in [1.82, 2.24) is 10.3 Å². The van der Waals surface area contributed by atoms with E-state index in [-0.39, 0.29) is 5.91 Å². The van der Waals surface area contributed by atoms with Crippen LogP contribution in [0.25, 0.3) is 0 Å². The second-order valence-corrected chi connectivity index (χ2v) is 7.34. The third kappa shape index (κ3) is 3.31. The van der Waals surface area contributed by atoms with Crippen LogP contribution in [0.15, 0.2) is 0 Å². The van der Waals surface area contributed by atoms with E-state index in [2.05, 4.69) is 22.1 Å². The number of anilines is 2. The Hall–Kier alpha value is -1.30. The second kappa shape index (κ2) is 6.22. The van der Waals surface area contributed by atoms with Gasteiger partial charge in [-0.3, -0.25) is 4.79 Å². The fourth-order valence-electron chi connectivity index (χ4n) is 3.15. The zero-order valence-corrected chi connectivity index (χ0v) is 13.4. The first-order chi connectivity index (χ1) is 10.1. The molecule has 2 heterocycles. The van der Waals surface area contributed by atoms with Crippen LogP contribution in [-0.2, 0) is 0 Å². The number of hydrogen-bond donors (Lipinski definition) is 2. The Balaban J connectivity index is 1.66. The van der Waals surface area contributed by atoms with E-state index >= 15 is 0 Å². The van der Waals surface area contributed by atoms with Crippen LogP contribution in [-0.4, -0.2) is 30.0 Å². The molecule has 1 saturated carbocycles. The van der Waals surface area contributed by atoms with Crippen molar-refractivity contribution >= 4 is 28.2 Å². The van der Waals surface area contributed by atoms with Gasteiger partial charge in [0.05, 0.1) is 0 Å². The molecule has 3 rings (SSSR count). The van der Waals surface area contributed by atoms with Gasteiger partial charge in [-0.1, -0.05) is 31.1 Å². The number of thiazole rings is 1. The lowest BCUT2D eigenvalue weighted by Crippen LogP contribution is -2.43. The maximum absolute atomic E-state index is 12.3. The van der Waals surface area contributed by atoms with Crippen molar-refractivity contribution in [2.45, 2.75) is 51.5 Å². The molecule has 116 valence electrons. The molecule has 1 saturated heterocycles. The molecule has 0 atom stereocenters. The van der Waals surface area contributed by atoms with Crippen molar-refractivity contribution in [2.24, 2.45) is 5.92 Å². The summed E-state index contributed by atoms with van der Waals surface area (Å²) in [6.07, 6.45) is 7.10. The quantitative estimate of drug-likeness (QED) is 0.900. The highest BCUT2D eigenvalue weighted by Crippen LogP contribution is 2.31. The summed E-state index contributed by atoms with van der Waals surface area (Å²) in [5.41, 5.74) is 5.96. The molecule has 0 aromatic carbocycles. The van der Waals surface area contributed by atoms with E-state index in [0.717, 1.165) is 37.0 Å². The second-order valence-electron chi connectivity index (χ2n) is 6.36. The summed E-state index contributed by atoms with van der Waals surface area (Å²) < 4.78 is 0. The van der Waals surface area contributed by atoms with Crippen LogP contribution in [0.1, 0.15) is 55.1 Å². The molecule has 2 aliphatic rings. The highest BCUT2D eigenvalue weighted by atomic mass is 32.1. The summed E-state index contributed by atoms with van der Waals surface area (Å²) in [6, 6.07) is 0.315. The molecule has 0 bridgehead atoms. The Kier molecular flexibility index (Phi) is 4.33. The fraction of sp³-hybridized carbons (Fsp3) is 0.733. The van der Waals surface area contributed by atoms with E-state index in [1.165, 1.54) is 37.0 Å². The van der Waals surface area contributed by atoms with Gasteiger partial charge in [-0.15, -0.1) is 0 Å². The molecule has 6 heteroatoms. The van der Waals surface area contributed by atoms with E-state index < -0.39 is 0 Å². The molecule has 1 aromatic heterocycles. The molecule has 0 radical (unpaired) electrons. The maximum Gasteiger partial charge on any atom is 0.265 e. The SMILES string of the molecule is CC1CC(NC(=O)c2sc(N3CCCCCC3)nc2N)C1. The number of nitrogens with one attached hydrogen (secondary N) is 1. The van der Waals surface area contributed by atoms with E-state index in [4.69, 9.17) is 5.73 Å². The average Bonchev–Trinajstić information content (AvgIpc) is 2.64. The predicted molar refractivity (Wildman–Crippen MR) is 86.9 cm³/mol. The number of hydrogen-bond acceptors (Lipinski definition) is 5. The predicted octanol–water partition coefficient (Wildman–Crippen LogP) is 2.63. The topological polar surface area (TPSA) is 71.2 Å². The number of carbonyl (C=O) groups excluding carboxylic acids is 1. The molecule has 1 aliphatic heterocycles. The number of nitrogens with two attached hydrogens (primary N) is 1. The minimum absolute atomic E-state index is 0.0528. The first-order valence-electron chi connectivity index (χ1n) is 7.95. The Bertz CT molecular complexity index is 502. The summed E-state index contributed by atoms with van der Waals surface area (Å²) in [5.74, 6) is 1.05. The average molecular weight is 308 g/mol. The molecular weight excluding hydrogens is 284 g/mol. The Morgan fingerprint density at radius 2 is 1.95 bits per heavy atom. The van der Waals surface area contributed by atoms with Gasteiger partial charge < -0.3 is 16.0 Å². The maximum atomic E-state index is 12.3. The van der Waals surface area contributed by atoms with Crippen molar-refractivity contribution in [1.29, 1.82) is 0 Å². The molecule has 2 fully saturated rings. The van der Waals surface area contributed by atoms with Crippen LogP contribution in [0.3, 0.4) is 0 Å². The van der Waals surface area contributed by atoms with Gasteiger partial charge in [-0.2, -0.15) is 0 Å². The standard InChI is InChI=1S/C15H24N4OS/c1-10-8-11(9-10)17-14(20)12-13(16)18-15(21-12)19-6-4-2-3-5-7-19/h10-11H,2-9,16H2,1H3,(H,17,20). The van der Waals surface area contributed by atoms with Crippen LogP contribution >= 0.6 is 11.3 Å². The van der Waals surface area contributed by atoms with Gasteiger partial charge in [0.25, 0.3) is 5.91 Å². The van der Waals surface area contributed by atoms with Crippen molar-refractivity contribution in [3.63, 3.8) is 0 Å². The van der Waals surface area contributed by atoms with Crippen LogP contribution < -0.4 is 16.0 Å². The molecule has 5 nitrogen and oxygen atoms in total. The lowest BCUT2D eigenvalue weighted by molar-refractivity contribution is 0.0901. The van der Waals surface area contributed by atoms with Crippen molar-refractivity contribution in [3.8, 4) is 0 Å². The summed E-state index contributed by atoms with van der Waals surface area (Å²) in [7, 11) is 0. The molecule has 21 heavy (non-hydrogen) atoms. The highest BCUT2D eigenvalue weighted by Gasteiger charge is 2.28. The van der Waals surface area contributed by atoms with Gasteiger partial charge in [0.1, 0.15) is 10.7 Å². The van der Waals surface area contributed by atoms with E-state index in [9.17, 15) is 4.79 Å². The smallest absolute Gasteiger partial charge is 0.265 e. The molecule has 1 aromatic rings. The Labute approximate surface area is 129 Å². The van der Waals surface area contributed by atoms with E-state index in [1.807, 2.05) is 0 Å². The van der Waals surface area contributed by atoms with Crippen LogP contribution in [0.5, 0.6) is 0 Å². The van der Waals surface area contributed by atoms with Crippen LogP contribution in [0.2, 0.25) is 0 Å². The first-order valence-corrected chi connectivity index (χ1v) is 8.77.